The molecule has 0 heterocycles. The second-order valence-electron chi connectivity index (χ2n) is 6.39. The van der Waals surface area contributed by atoms with Gasteiger partial charge < -0.3 is 4.74 Å². The van der Waals surface area contributed by atoms with Gasteiger partial charge in [0.2, 0.25) is 0 Å². The summed E-state index contributed by atoms with van der Waals surface area (Å²) >= 11 is 0. The molecule has 2 aromatic rings. The van der Waals surface area contributed by atoms with E-state index in [-0.39, 0.29) is 0 Å². The third kappa shape index (κ3) is 5.25. The van der Waals surface area contributed by atoms with Gasteiger partial charge in [0.1, 0.15) is 5.75 Å². The second-order valence-corrected chi connectivity index (χ2v) is 6.39. The van der Waals surface area contributed by atoms with Crippen molar-refractivity contribution in [3.8, 4) is 5.75 Å². The van der Waals surface area contributed by atoms with Gasteiger partial charge in [-0.05, 0) is 79.8 Å². The van der Waals surface area contributed by atoms with Gasteiger partial charge in [0, 0.05) is 0 Å². The standard InChI is InChI=1S/C20H21F3N2O/c21-20(22,23)16-8-10-17(11-9-16)25-24-14-15-6-12-19(13-7-15)26-18-4-2-1-3-5-18/h6-14,18,25H,1-5H2. The SMILES string of the molecule is FC(F)(F)c1ccc(NN=Cc2ccc(OC3CCCCC3)cc2)cc1. The molecule has 1 aliphatic rings. The average molecular weight is 362 g/mol. The molecule has 3 nitrogen and oxygen atoms in total. The van der Waals surface area contributed by atoms with Crippen molar-refractivity contribution in [2.24, 2.45) is 5.10 Å². The largest absolute Gasteiger partial charge is 0.490 e. The summed E-state index contributed by atoms with van der Waals surface area (Å²) in [7, 11) is 0. The number of rotatable bonds is 5. The van der Waals surface area contributed by atoms with Crippen LogP contribution in [-0.4, -0.2) is 12.3 Å². The van der Waals surface area contributed by atoms with E-state index >= 15 is 0 Å². The molecular weight excluding hydrogens is 341 g/mol. The molecule has 0 unspecified atom stereocenters. The highest BCUT2D eigenvalue weighted by molar-refractivity contribution is 5.80. The smallest absolute Gasteiger partial charge is 0.416 e. The van der Waals surface area contributed by atoms with Gasteiger partial charge in [0.15, 0.2) is 0 Å². The van der Waals surface area contributed by atoms with Crippen molar-refractivity contribution in [3.63, 3.8) is 0 Å². The van der Waals surface area contributed by atoms with Crippen molar-refractivity contribution in [2.45, 2.75) is 44.4 Å². The normalized spacial score (nSPS) is 16.0. The summed E-state index contributed by atoms with van der Waals surface area (Å²) in [5.74, 6) is 0.852. The molecule has 3 rings (SSSR count). The van der Waals surface area contributed by atoms with Crippen molar-refractivity contribution in [1.82, 2.24) is 0 Å². The molecule has 1 aliphatic carbocycles. The number of nitrogens with zero attached hydrogens (tertiary/aromatic N) is 1. The number of hydrazone groups is 1. The summed E-state index contributed by atoms with van der Waals surface area (Å²) in [5, 5.41) is 4.05. The van der Waals surface area contributed by atoms with Gasteiger partial charge in [-0.15, -0.1) is 0 Å². The fourth-order valence-electron chi connectivity index (χ4n) is 2.92. The van der Waals surface area contributed by atoms with E-state index in [4.69, 9.17) is 4.74 Å². The highest BCUT2D eigenvalue weighted by atomic mass is 19.4. The van der Waals surface area contributed by atoms with Crippen LogP contribution in [0.5, 0.6) is 5.75 Å². The highest BCUT2D eigenvalue weighted by Gasteiger charge is 2.29. The Bertz CT molecular complexity index is 718. The van der Waals surface area contributed by atoms with Crippen LogP contribution in [0.15, 0.2) is 53.6 Å². The van der Waals surface area contributed by atoms with Crippen LogP contribution in [0.25, 0.3) is 0 Å². The van der Waals surface area contributed by atoms with Crippen molar-refractivity contribution in [2.75, 3.05) is 5.43 Å². The quantitative estimate of drug-likeness (QED) is 0.534. The summed E-state index contributed by atoms with van der Waals surface area (Å²) in [6.07, 6.45) is 3.56. The predicted molar refractivity (Wildman–Crippen MR) is 96.6 cm³/mol. The van der Waals surface area contributed by atoms with E-state index in [0.717, 1.165) is 36.3 Å². The molecular formula is C20H21F3N2O. The monoisotopic (exact) mass is 362 g/mol. The first-order valence-corrected chi connectivity index (χ1v) is 8.74. The van der Waals surface area contributed by atoms with E-state index in [9.17, 15) is 13.2 Å². The van der Waals surface area contributed by atoms with E-state index in [1.54, 1.807) is 6.21 Å². The third-order valence-corrected chi connectivity index (χ3v) is 4.35. The minimum Gasteiger partial charge on any atom is -0.490 e. The summed E-state index contributed by atoms with van der Waals surface area (Å²) in [6.45, 7) is 0. The molecule has 138 valence electrons. The van der Waals surface area contributed by atoms with Crippen molar-refractivity contribution in [3.05, 3.63) is 59.7 Å². The fourth-order valence-corrected chi connectivity index (χ4v) is 2.92. The van der Waals surface area contributed by atoms with Crippen LogP contribution >= 0.6 is 0 Å². The molecule has 0 amide bonds. The second kappa shape index (κ2) is 8.25. The minimum absolute atomic E-state index is 0.310. The van der Waals surface area contributed by atoms with Crippen molar-refractivity contribution < 1.29 is 17.9 Å². The lowest BCUT2D eigenvalue weighted by Gasteiger charge is -2.22. The fraction of sp³-hybridized carbons (Fsp3) is 0.350. The lowest BCUT2D eigenvalue weighted by atomic mass is 9.98. The minimum atomic E-state index is -4.33. The summed E-state index contributed by atoms with van der Waals surface area (Å²) in [6, 6.07) is 12.4. The number of alkyl halides is 3. The maximum Gasteiger partial charge on any atom is 0.416 e. The average Bonchev–Trinajstić information content (AvgIpc) is 2.64. The summed E-state index contributed by atoms with van der Waals surface area (Å²) < 4.78 is 43.5. The van der Waals surface area contributed by atoms with Gasteiger partial charge in [0.25, 0.3) is 0 Å². The molecule has 0 aromatic heterocycles. The first-order valence-electron chi connectivity index (χ1n) is 8.74. The molecule has 0 atom stereocenters. The lowest BCUT2D eigenvalue weighted by molar-refractivity contribution is -0.137. The van der Waals surface area contributed by atoms with E-state index in [2.05, 4.69) is 10.5 Å². The van der Waals surface area contributed by atoms with Crippen LogP contribution in [0.4, 0.5) is 18.9 Å². The number of halogens is 3. The third-order valence-electron chi connectivity index (χ3n) is 4.35. The maximum absolute atomic E-state index is 12.5. The Kier molecular flexibility index (Phi) is 5.81. The Balaban J connectivity index is 1.52. The zero-order valence-electron chi connectivity index (χ0n) is 14.3. The number of nitrogens with one attached hydrogen (secondary N) is 1. The molecule has 26 heavy (non-hydrogen) atoms. The Morgan fingerprint density at radius 1 is 0.923 bits per heavy atom. The number of hydrogen-bond acceptors (Lipinski definition) is 3. The van der Waals surface area contributed by atoms with Gasteiger partial charge >= 0.3 is 6.18 Å². The van der Waals surface area contributed by atoms with E-state index in [1.807, 2.05) is 24.3 Å². The Hall–Kier alpha value is -2.50. The number of hydrogen-bond donors (Lipinski definition) is 1. The van der Waals surface area contributed by atoms with Gasteiger partial charge in [0.05, 0.1) is 23.6 Å². The van der Waals surface area contributed by atoms with Crippen LogP contribution in [0.3, 0.4) is 0 Å². The van der Waals surface area contributed by atoms with Crippen LogP contribution in [0.1, 0.15) is 43.2 Å². The van der Waals surface area contributed by atoms with Crippen LogP contribution in [-0.2, 0) is 6.18 Å². The van der Waals surface area contributed by atoms with Gasteiger partial charge in [-0.25, -0.2) is 0 Å². The maximum atomic E-state index is 12.5. The van der Waals surface area contributed by atoms with Gasteiger partial charge in [-0.2, -0.15) is 18.3 Å². The van der Waals surface area contributed by atoms with E-state index in [1.165, 1.54) is 31.4 Å². The molecule has 0 spiro atoms. The first-order chi connectivity index (χ1) is 12.5. The molecule has 0 aliphatic heterocycles. The zero-order chi connectivity index (χ0) is 18.4. The predicted octanol–water partition coefficient (Wildman–Crippen LogP) is 5.86. The van der Waals surface area contributed by atoms with Crippen molar-refractivity contribution >= 4 is 11.9 Å². The lowest BCUT2D eigenvalue weighted by Crippen LogP contribution is -2.19. The van der Waals surface area contributed by atoms with Crippen LogP contribution in [0, 0.1) is 0 Å². The first kappa shape index (κ1) is 18.3. The molecule has 1 saturated carbocycles. The van der Waals surface area contributed by atoms with Crippen LogP contribution < -0.4 is 10.2 Å². The molecule has 0 bridgehead atoms. The highest BCUT2D eigenvalue weighted by Crippen LogP contribution is 2.29. The summed E-state index contributed by atoms with van der Waals surface area (Å²) in [5.41, 5.74) is 3.41. The Morgan fingerprint density at radius 2 is 1.58 bits per heavy atom. The van der Waals surface area contributed by atoms with Gasteiger partial charge in [-0.3, -0.25) is 5.43 Å². The number of benzene rings is 2. The molecule has 1 N–H and O–H groups in total. The number of ether oxygens (including phenoxy) is 1. The van der Waals surface area contributed by atoms with Gasteiger partial charge in [-0.1, -0.05) is 6.42 Å². The Labute approximate surface area is 150 Å². The molecule has 2 aromatic carbocycles. The molecule has 6 heteroatoms. The Morgan fingerprint density at radius 3 is 2.19 bits per heavy atom. The topological polar surface area (TPSA) is 33.6 Å². The van der Waals surface area contributed by atoms with Crippen LogP contribution in [0.2, 0.25) is 0 Å². The molecule has 0 radical (unpaired) electrons. The van der Waals surface area contributed by atoms with Crippen molar-refractivity contribution in [1.29, 1.82) is 0 Å². The van der Waals surface area contributed by atoms with E-state index in [0.29, 0.717) is 11.8 Å². The number of anilines is 1. The molecule has 0 saturated heterocycles. The molecule has 1 fully saturated rings. The van der Waals surface area contributed by atoms with E-state index < -0.39 is 11.7 Å². The zero-order valence-corrected chi connectivity index (χ0v) is 14.3. The summed E-state index contributed by atoms with van der Waals surface area (Å²) in [4.78, 5) is 0.